The number of fused-ring (bicyclic) bond motifs is 2. The summed E-state index contributed by atoms with van der Waals surface area (Å²) in [5, 5.41) is 2.81. The predicted octanol–water partition coefficient (Wildman–Crippen LogP) is 2.08. The number of imidazole rings is 2. The summed E-state index contributed by atoms with van der Waals surface area (Å²) in [5.74, 6) is 0. The summed E-state index contributed by atoms with van der Waals surface area (Å²) in [5.41, 5.74) is 3.64. The molecule has 1 aromatic carbocycles. The number of nitrogens with zero attached hydrogens (tertiary/aromatic N) is 5. The van der Waals surface area contributed by atoms with Crippen molar-refractivity contribution in [1.82, 2.24) is 23.9 Å². The molecule has 138 valence electrons. The van der Waals surface area contributed by atoms with E-state index in [9.17, 15) is 4.79 Å². The third-order valence-electron chi connectivity index (χ3n) is 5.05. The lowest BCUT2D eigenvalue weighted by molar-refractivity contribution is 0.230. The lowest BCUT2D eigenvalue weighted by Crippen LogP contribution is -2.53. The molecule has 4 heterocycles. The fraction of sp³-hybridized carbons (Fsp3) is 0.263. The van der Waals surface area contributed by atoms with Gasteiger partial charge in [0.1, 0.15) is 5.65 Å². The normalized spacial score (nSPS) is 15.8. The summed E-state index contributed by atoms with van der Waals surface area (Å²) in [4.78, 5) is 22.3. The predicted molar refractivity (Wildman–Crippen MR) is 106 cm³/mol. The van der Waals surface area contributed by atoms with E-state index in [1.165, 1.54) is 0 Å². The van der Waals surface area contributed by atoms with Gasteiger partial charge in [0.15, 0.2) is 0 Å². The molecule has 8 heteroatoms. The standard InChI is InChI=1S/C19H19ClN6O/c20-14-5-6-18-21-15(13-24(18)11-14)12-23-7-9-25(10-8-23)26-17-4-2-1-3-16(17)22-19(26)27/h1-6,11,13H,7-10,12H2,(H,22,27). The number of halogens is 1. The average molecular weight is 383 g/mol. The van der Waals surface area contributed by atoms with Crippen molar-refractivity contribution >= 4 is 28.3 Å². The Bertz CT molecular complexity index is 1170. The molecule has 0 aliphatic carbocycles. The molecule has 0 atom stereocenters. The Kier molecular flexibility index (Phi) is 3.91. The zero-order valence-corrected chi connectivity index (χ0v) is 15.4. The van der Waals surface area contributed by atoms with Gasteiger partial charge in [0.05, 0.1) is 21.7 Å². The SMILES string of the molecule is O=c1[nH]c2ccccc2n1N1CCN(Cc2cn3cc(Cl)ccc3n2)CC1. The van der Waals surface area contributed by atoms with Crippen molar-refractivity contribution in [3.63, 3.8) is 0 Å². The van der Waals surface area contributed by atoms with Crippen LogP contribution < -0.4 is 10.7 Å². The highest BCUT2D eigenvalue weighted by Crippen LogP contribution is 2.15. The highest BCUT2D eigenvalue weighted by atomic mass is 35.5. The molecule has 0 amide bonds. The van der Waals surface area contributed by atoms with Crippen LogP contribution in [-0.2, 0) is 6.54 Å². The molecule has 1 aliphatic heterocycles. The van der Waals surface area contributed by atoms with E-state index in [0.717, 1.165) is 55.1 Å². The first-order valence-electron chi connectivity index (χ1n) is 8.98. The monoisotopic (exact) mass is 382 g/mol. The van der Waals surface area contributed by atoms with Crippen molar-refractivity contribution in [2.24, 2.45) is 0 Å². The summed E-state index contributed by atoms with van der Waals surface area (Å²) in [6.45, 7) is 4.12. The number of hydrogen-bond donors (Lipinski definition) is 1. The van der Waals surface area contributed by atoms with Crippen LogP contribution in [0, 0.1) is 0 Å². The van der Waals surface area contributed by atoms with Crippen LogP contribution in [0.15, 0.2) is 53.6 Å². The van der Waals surface area contributed by atoms with Gasteiger partial charge in [-0.25, -0.2) is 14.5 Å². The maximum Gasteiger partial charge on any atom is 0.345 e. The first-order chi connectivity index (χ1) is 13.2. The van der Waals surface area contributed by atoms with Gasteiger partial charge in [-0.1, -0.05) is 23.7 Å². The number of H-pyrrole nitrogens is 1. The molecule has 0 spiro atoms. The van der Waals surface area contributed by atoms with E-state index in [4.69, 9.17) is 11.6 Å². The van der Waals surface area contributed by atoms with Crippen molar-refractivity contribution < 1.29 is 0 Å². The molecular weight excluding hydrogens is 364 g/mol. The highest BCUT2D eigenvalue weighted by Gasteiger charge is 2.21. The lowest BCUT2D eigenvalue weighted by Gasteiger charge is -2.35. The van der Waals surface area contributed by atoms with Gasteiger partial charge in [-0.15, -0.1) is 0 Å². The Balaban J connectivity index is 1.31. The number of pyridine rings is 1. The second-order valence-corrected chi connectivity index (χ2v) is 7.27. The van der Waals surface area contributed by atoms with Crippen LogP contribution in [-0.4, -0.2) is 50.1 Å². The van der Waals surface area contributed by atoms with E-state index in [1.807, 2.05) is 53.2 Å². The summed E-state index contributed by atoms with van der Waals surface area (Å²) < 4.78 is 3.72. The minimum absolute atomic E-state index is 0.0816. The Labute approximate surface area is 160 Å². The van der Waals surface area contributed by atoms with Crippen molar-refractivity contribution in [2.75, 3.05) is 31.2 Å². The second-order valence-electron chi connectivity index (χ2n) is 6.83. The molecule has 1 saturated heterocycles. The number of hydrogen-bond acceptors (Lipinski definition) is 4. The zero-order valence-electron chi connectivity index (χ0n) is 14.7. The molecule has 0 bridgehead atoms. The first kappa shape index (κ1) is 16.4. The van der Waals surface area contributed by atoms with Crippen LogP contribution in [0.25, 0.3) is 16.7 Å². The highest BCUT2D eigenvalue weighted by molar-refractivity contribution is 6.30. The quantitative estimate of drug-likeness (QED) is 0.589. The van der Waals surface area contributed by atoms with E-state index < -0.39 is 0 Å². The van der Waals surface area contributed by atoms with Crippen molar-refractivity contribution in [3.05, 3.63) is 70.0 Å². The van der Waals surface area contributed by atoms with Gasteiger partial charge in [-0.05, 0) is 24.3 Å². The number of aromatic nitrogens is 4. The average Bonchev–Trinajstić information content (AvgIpc) is 3.21. The van der Waals surface area contributed by atoms with Gasteiger partial charge in [0.25, 0.3) is 0 Å². The smallest absolute Gasteiger partial charge is 0.306 e. The molecule has 0 saturated carbocycles. The summed E-state index contributed by atoms with van der Waals surface area (Å²) in [6.07, 6.45) is 3.90. The number of nitrogens with one attached hydrogen (secondary N) is 1. The molecular formula is C19H19ClN6O. The van der Waals surface area contributed by atoms with Crippen LogP contribution in [0.2, 0.25) is 5.02 Å². The van der Waals surface area contributed by atoms with Crippen LogP contribution in [0.3, 0.4) is 0 Å². The van der Waals surface area contributed by atoms with Crippen LogP contribution >= 0.6 is 11.6 Å². The molecule has 1 fully saturated rings. The Morgan fingerprint density at radius 2 is 1.85 bits per heavy atom. The molecule has 0 radical (unpaired) electrons. The van der Waals surface area contributed by atoms with Gasteiger partial charge >= 0.3 is 5.69 Å². The second kappa shape index (κ2) is 6.44. The van der Waals surface area contributed by atoms with Crippen molar-refractivity contribution in [3.8, 4) is 0 Å². The topological polar surface area (TPSA) is 61.6 Å². The Morgan fingerprint density at radius 1 is 1.04 bits per heavy atom. The van der Waals surface area contributed by atoms with E-state index >= 15 is 0 Å². The molecule has 0 unspecified atom stereocenters. The van der Waals surface area contributed by atoms with E-state index in [1.54, 1.807) is 4.68 Å². The summed E-state index contributed by atoms with van der Waals surface area (Å²) >= 11 is 6.04. The maximum atomic E-state index is 12.4. The molecule has 1 N–H and O–H groups in total. The number of rotatable bonds is 3. The van der Waals surface area contributed by atoms with E-state index in [0.29, 0.717) is 5.02 Å². The minimum Gasteiger partial charge on any atom is -0.306 e. The molecule has 27 heavy (non-hydrogen) atoms. The number of piperazine rings is 1. The molecule has 1 aliphatic rings. The van der Waals surface area contributed by atoms with Gasteiger partial charge in [0, 0.05) is 45.1 Å². The number of para-hydroxylation sites is 2. The van der Waals surface area contributed by atoms with Crippen LogP contribution in [0.4, 0.5) is 0 Å². The van der Waals surface area contributed by atoms with Gasteiger partial charge in [-0.3, -0.25) is 4.90 Å². The van der Waals surface area contributed by atoms with Crippen molar-refractivity contribution in [2.45, 2.75) is 6.54 Å². The first-order valence-corrected chi connectivity index (χ1v) is 9.36. The summed E-state index contributed by atoms with van der Waals surface area (Å²) in [7, 11) is 0. The fourth-order valence-electron chi connectivity index (χ4n) is 3.74. The molecule has 3 aromatic heterocycles. The number of aromatic amines is 1. The lowest BCUT2D eigenvalue weighted by atomic mass is 10.3. The van der Waals surface area contributed by atoms with Crippen molar-refractivity contribution in [1.29, 1.82) is 0 Å². The molecule has 5 rings (SSSR count). The third-order valence-corrected chi connectivity index (χ3v) is 5.27. The Hall–Kier alpha value is -2.77. The minimum atomic E-state index is -0.0816. The molecule has 7 nitrogen and oxygen atoms in total. The Morgan fingerprint density at radius 3 is 2.70 bits per heavy atom. The van der Waals surface area contributed by atoms with E-state index in [2.05, 4.69) is 19.9 Å². The van der Waals surface area contributed by atoms with Gasteiger partial charge < -0.3 is 14.4 Å². The zero-order chi connectivity index (χ0) is 18.4. The van der Waals surface area contributed by atoms with Crippen LogP contribution in [0.1, 0.15) is 5.69 Å². The summed E-state index contributed by atoms with van der Waals surface area (Å²) in [6, 6.07) is 11.6. The third kappa shape index (κ3) is 2.98. The van der Waals surface area contributed by atoms with Crippen LogP contribution in [0.5, 0.6) is 0 Å². The molecule has 4 aromatic rings. The number of benzene rings is 1. The van der Waals surface area contributed by atoms with Gasteiger partial charge in [-0.2, -0.15) is 0 Å². The van der Waals surface area contributed by atoms with E-state index in [-0.39, 0.29) is 5.69 Å². The van der Waals surface area contributed by atoms with Gasteiger partial charge in [0.2, 0.25) is 0 Å². The fourth-order valence-corrected chi connectivity index (χ4v) is 3.91. The largest absolute Gasteiger partial charge is 0.345 e. The maximum absolute atomic E-state index is 12.4.